The molecule has 5 heteroatoms. The molecule has 0 bridgehead atoms. The molecular formula is C12H12N2O3. The van der Waals surface area contributed by atoms with Crippen molar-refractivity contribution in [3.63, 3.8) is 0 Å². The second kappa shape index (κ2) is 6.18. The molecule has 0 fully saturated rings. The van der Waals surface area contributed by atoms with Gasteiger partial charge in [0, 0.05) is 11.1 Å². The van der Waals surface area contributed by atoms with Crippen LogP contribution in [0.2, 0.25) is 0 Å². The van der Waals surface area contributed by atoms with Gasteiger partial charge in [0.15, 0.2) is 5.84 Å². The summed E-state index contributed by atoms with van der Waals surface area (Å²) in [7, 11) is 1.32. The number of nitrogens with zero attached hydrogens (tertiary/aromatic N) is 1. The Morgan fingerprint density at radius 2 is 2.12 bits per heavy atom. The molecule has 0 unspecified atom stereocenters. The third kappa shape index (κ3) is 3.87. The van der Waals surface area contributed by atoms with Crippen LogP contribution in [0.4, 0.5) is 0 Å². The molecule has 1 rings (SSSR count). The Hall–Kier alpha value is -2.48. The van der Waals surface area contributed by atoms with Crippen LogP contribution < -0.4 is 5.73 Å². The largest absolute Gasteiger partial charge is 0.468 e. The van der Waals surface area contributed by atoms with E-state index in [1.807, 2.05) is 0 Å². The van der Waals surface area contributed by atoms with Gasteiger partial charge in [-0.3, -0.25) is 4.79 Å². The lowest BCUT2D eigenvalue weighted by Gasteiger charge is -1.97. The van der Waals surface area contributed by atoms with Crippen LogP contribution in [0.25, 0.3) is 0 Å². The van der Waals surface area contributed by atoms with E-state index in [0.717, 1.165) is 5.56 Å². The molecule has 3 N–H and O–H groups in total. The van der Waals surface area contributed by atoms with E-state index in [0.29, 0.717) is 5.56 Å². The lowest BCUT2D eigenvalue weighted by Crippen LogP contribution is -2.12. The van der Waals surface area contributed by atoms with Gasteiger partial charge in [-0.2, -0.15) is 0 Å². The minimum absolute atomic E-state index is 0.0408. The number of esters is 1. The van der Waals surface area contributed by atoms with Gasteiger partial charge in [-0.05, 0) is 24.3 Å². The van der Waals surface area contributed by atoms with Crippen LogP contribution in [0.1, 0.15) is 17.5 Å². The summed E-state index contributed by atoms with van der Waals surface area (Å²) in [6, 6.07) is 6.80. The molecule has 0 aliphatic heterocycles. The highest BCUT2D eigenvalue weighted by Crippen LogP contribution is 2.02. The molecule has 0 saturated heterocycles. The Balaban J connectivity index is 2.72. The molecule has 1 aromatic rings. The number of oxime groups is 1. The van der Waals surface area contributed by atoms with Crippen LogP contribution in [0.5, 0.6) is 0 Å². The van der Waals surface area contributed by atoms with Crippen molar-refractivity contribution >= 4 is 11.8 Å². The minimum atomic E-state index is -0.370. The van der Waals surface area contributed by atoms with Crippen LogP contribution in [0.15, 0.2) is 29.4 Å². The van der Waals surface area contributed by atoms with E-state index in [-0.39, 0.29) is 18.2 Å². The fraction of sp³-hybridized carbons (Fsp3) is 0.167. The SMILES string of the molecule is COC(=O)CC#Cc1ccc(C(N)=NO)cc1. The van der Waals surface area contributed by atoms with Crippen molar-refractivity contribution in [3.05, 3.63) is 35.4 Å². The van der Waals surface area contributed by atoms with E-state index < -0.39 is 0 Å². The Labute approximate surface area is 98.9 Å². The third-order valence-corrected chi connectivity index (χ3v) is 1.98. The predicted molar refractivity (Wildman–Crippen MR) is 62.5 cm³/mol. The predicted octanol–water partition coefficient (Wildman–Crippen LogP) is 0.696. The molecule has 0 aliphatic rings. The second-order valence-corrected chi connectivity index (χ2v) is 3.12. The van der Waals surface area contributed by atoms with Crippen molar-refractivity contribution < 1.29 is 14.7 Å². The van der Waals surface area contributed by atoms with Crippen molar-refractivity contribution in [2.75, 3.05) is 7.11 Å². The zero-order valence-corrected chi connectivity index (χ0v) is 9.30. The number of methoxy groups -OCH3 is 1. The van der Waals surface area contributed by atoms with Crippen LogP contribution in [0.3, 0.4) is 0 Å². The normalized spacial score (nSPS) is 10.3. The van der Waals surface area contributed by atoms with E-state index >= 15 is 0 Å². The molecule has 0 radical (unpaired) electrons. The zero-order chi connectivity index (χ0) is 12.7. The smallest absolute Gasteiger partial charge is 0.317 e. The molecule has 0 saturated carbocycles. The van der Waals surface area contributed by atoms with Crippen molar-refractivity contribution in [2.24, 2.45) is 10.9 Å². The lowest BCUT2D eigenvalue weighted by molar-refractivity contribution is -0.139. The molecule has 1 aromatic carbocycles. The molecule has 0 aromatic heterocycles. The number of carbonyl (C=O) groups excluding carboxylic acids is 1. The highest BCUT2D eigenvalue weighted by molar-refractivity contribution is 5.97. The Morgan fingerprint density at radius 1 is 1.47 bits per heavy atom. The first kappa shape index (κ1) is 12.6. The first-order valence-corrected chi connectivity index (χ1v) is 4.81. The topological polar surface area (TPSA) is 84.9 Å². The van der Waals surface area contributed by atoms with Gasteiger partial charge in [-0.15, -0.1) is 0 Å². The number of nitrogens with two attached hydrogens (primary N) is 1. The van der Waals surface area contributed by atoms with Crippen molar-refractivity contribution in [1.29, 1.82) is 0 Å². The summed E-state index contributed by atoms with van der Waals surface area (Å²) < 4.78 is 4.45. The van der Waals surface area contributed by atoms with E-state index in [9.17, 15) is 4.79 Å². The first-order chi connectivity index (χ1) is 8.17. The Morgan fingerprint density at radius 3 is 2.65 bits per heavy atom. The number of hydrogen-bond donors (Lipinski definition) is 2. The van der Waals surface area contributed by atoms with Gasteiger partial charge < -0.3 is 15.7 Å². The Bertz CT molecular complexity index is 481. The average Bonchev–Trinajstić information content (AvgIpc) is 2.38. The second-order valence-electron chi connectivity index (χ2n) is 3.12. The van der Waals surface area contributed by atoms with Crippen LogP contribution in [-0.4, -0.2) is 24.1 Å². The first-order valence-electron chi connectivity index (χ1n) is 4.81. The van der Waals surface area contributed by atoms with E-state index in [1.54, 1.807) is 24.3 Å². The summed E-state index contributed by atoms with van der Waals surface area (Å²) in [6.45, 7) is 0. The maximum Gasteiger partial charge on any atom is 0.317 e. The fourth-order valence-corrected chi connectivity index (χ4v) is 1.07. The van der Waals surface area contributed by atoms with E-state index in [1.165, 1.54) is 7.11 Å². The number of rotatable bonds is 2. The van der Waals surface area contributed by atoms with Gasteiger partial charge in [0.1, 0.15) is 6.42 Å². The minimum Gasteiger partial charge on any atom is -0.468 e. The van der Waals surface area contributed by atoms with Gasteiger partial charge in [0.25, 0.3) is 0 Å². The summed E-state index contributed by atoms with van der Waals surface area (Å²) in [4.78, 5) is 10.8. The van der Waals surface area contributed by atoms with Gasteiger partial charge in [-0.25, -0.2) is 0 Å². The summed E-state index contributed by atoms with van der Waals surface area (Å²) in [5.74, 6) is 5.15. The Kier molecular flexibility index (Phi) is 4.58. The number of benzene rings is 1. The standard InChI is InChI=1S/C12H12N2O3/c1-17-11(15)4-2-3-9-5-7-10(8-6-9)12(13)14-16/h5-8,16H,4H2,1H3,(H2,13,14). The molecule has 17 heavy (non-hydrogen) atoms. The molecule has 5 nitrogen and oxygen atoms in total. The number of carbonyl (C=O) groups is 1. The molecular weight excluding hydrogens is 220 g/mol. The number of hydrogen-bond acceptors (Lipinski definition) is 4. The fourth-order valence-electron chi connectivity index (χ4n) is 1.07. The van der Waals surface area contributed by atoms with Crippen molar-refractivity contribution in [1.82, 2.24) is 0 Å². The van der Waals surface area contributed by atoms with Gasteiger partial charge in [-0.1, -0.05) is 17.0 Å². The molecule has 0 atom stereocenters. The molecule has 0 amide bonds. The summed E-state index contributed by atoms with van der Waals surface area (Å²) in [5.41, 5.74) is 6.75. The van der Waals surface area contributed by atoms with E-state index in [4.69, 9.17) is 10.9 Å². The van der Waals surface area contributed by atoms with E-state index in [2.05, 4.69) is 21.7 Å². The highest BCUT2D eigenvalue weighted by Gasteiger charge is 1.97. The van der Waals surface area contributed by atoms with Crippen molar-refractivity contribution in [2.45, 2.75) is 6.42 Å². The molecule has 0 spiro atoms. The van der Waals surface area contributed by atoms with Crippen LogP contribution in [0, 0.1) is 11.8 Å². The maximum atomic E-state index is 10.8. The van der Waals surface area contributed by atoms with Crippen LogP contribution in [-0.2, 0) is 9.53 Å². The zero-order valence-electron chi connectivity index (χ0n) is 9.30. The average molecular weight is 232 g/mol. The van der Waals surface area contributed by atoms with Crippen LogP contribution >= 0.6 is 0 Å². The summed E-state index contributed by atoms with van der Waals surface area (Å²) in [6.07, 6.45) is 0.0541. The quantitative estimate of drug-likeness (QED) is 0.196. The van der Waals surface area contributed by atoms with Crippen molar-refractivity contribution in [3.8, 4) is 11.8 Å². The summed E-state index contributed by atoms with van der Waals surface area (Å²) >= 11 is 0. The molecule has 88 valence electrons. The third-order valence-electron chi connectivity index (χ3n) is 1.98. The molecule has 0 heterocycles. The van der Waals surface area contributed by atoms with Gasteiger partial charge >= 0.3 is 5.97 Å². The number of ether oxygens (including phenoxy) is 1. The highest BCUT2D eigenvalue weighted by atomic mass is 16.5. The van der Waals surface area contributed by atoms with Gasteiger partial charge in [0.2, 0.25) is 0 Å². The monoisotopic (exact) mass is 232 g/mol. The number of amidine groups is 1. The maximum absolute atomic E-state index is 10.8. The van der Waals surface area contributed by atoms with Gasteiger partial charge in [0.05, 0.1) is 7.11 Å². The molecule has 0 aliphatic carbocycles. The lowest BCUT2D eigenvalue weighted by atomic mass is 10.1. The summed E-state index contributed by atoms with van der Waals surface area (Å²) in [5, 5.41) is 11.4.